The zero-order valence-electron chi connectivity index (χ0n) is 10.6. The molecule has 0 bridgehead atoms. The number of rotatable bonds is 6. The first-order valence-corrected chi connectivity index (χ1v) is 8.62. The summed E-state index contributed by atoms with van der Waals surface area (Å²) in [7, 11) is -3.27. The van der Waals surface area contributed by atoms with Crippen molar-refractivity contribution in [3.63, 3.8) is 0 Å². The van der Waals surface area contributed by atoms with Crippen molar-refractivity contribution in [2.45, 2.75) is 32.6 Å². The van der Waals surface area contributed by atoms with Crippen LogP contribution in [0.2, 0.25) is 0 Å². The Morgan fingerprint density at radius 2 is 2.17 bits per heavy atom. The molecule has 0 saturated carbocycles. The Balaban J connectivity index is 1.80. The van der Waals surface area contributed by atoms with E-state index in [0.717, 1.165) is 30.0 Å². The van der Waals surface area contributed by atoms with E-state index < -0.39 is 10.2 Å². The van der Waals surface area contributed by atoms with Crippen molar-refractivity contribution in [1.29, 1.82) is 0 Å². The van der Waals surface area contributed by atoms with Crippen molar-refractivity contribution in [2.24, 2.45) is 0 Å². The van der Waals surface area contributed by atoms with Gasteiger partial charge in [-0.1, -0.05) is 6.92 Å². The van der Waals surface area contributed by atoms with Crippen LogP contribution >= 0.6 is 11.3 Å². The Morgan fingerprint density at radius 3 is 2.78 bits per heavy atom. The molecule has 0 atom stereocenters. The average molecular weight is 289 g/mol. The molecule has 2 heterocycles. The maximum atomic E-state index is 11.9. The molecule has 0 radical (unpaired) electrons. The highest BCUT2D eigenvalue weighted by atomic mass is 32.2. The summed E-state index contributed by atoms with van der Waals surface area (Å²) in [6.45, 7) is 3.78. The fraction of sp³-hybridized carbons (Fsp3) is 0.727. The zero-order chi connectivity index (χ0) is 13.0. The summed E-state index contributed by atoms with van der Waals surface area (Å²) in [5, 5.41) is 3.03. The fourth-order valence-electron chi connectivity index (χ4n) is 1.93. The van der Waals surface area contributed by atoms with Gasteiger partial charge in [-0.05, 0) is 19.3 Å². The van der Waals surface area contributed by atoms with Crippen molar-refractivity contribution < 1.29 is 8.42 Å². The van der Waals surface area contributed by atoms with Crippen LogP contribution in [0.1, 0.15) is 30.5 Å². The largest absolute Gasteiger partial charge is 0.279 e. The predicted octanol–water partition coefficient (Wildman–Crippen LogP) is 1.18. The Morgan fingerprint density at radius 1 is 1.44 bits per heavy atom. The summed E-state index contributed by atoms with van der Waals surface area (Å²) < 4.78 is 27.9. The molecule has 1 aromatic heterocycles. The molecule has 2 rings (SSSR count). The number of nitrogens with one attached hydrogen (secondary N) is 1. The fourth-order valence-corrected chi connectivity index (χ4v) is 4.10. The van der Waals surface area contributed by atoms with Crippen LogP contribution in [0.5, 0.6) is 0 Å². The van der Waals surface area contributed by atoms with Crippen molar-refractivity contribution in [1.82, 2.24) is 14.0 Å². The highest BCUT2D eigenvalue weighted by Gasteiger charge is 2.24. The van der Waals surface area contributed by atoms with Crippen molar-refractivity contribution in [2.75, 3.05) is 19.6 Å². The molecule has 1 saturated heterocycles. The maximum Gasteiger partial charge on any atom is 0.279 e. The van der Waals surface area contributed by atoms with Crippen LogP contribution in [-0.2, 0) is 23.1 Å². The smallest absolute Gasteiger partial charge is 0.246 e. The molecule has 0 amide bonds. The van der Waals surface area contributed by atoms with Gasteiger partial charge >= 0.3 is 0 Å². The summed E-state index contributed by atoms with van der Waals surface area (Å²) in [6.07, 6.45) is 3.52. The minimum atomic E-state index is -3.27. The summed E-state index contributed by atoms with van der Waals surface area (Å²) in [6, 6.07) is 0. The van der Waals surface area contributed by atoms with Gasteiger partial charge in [-0.15, -0.1) is 11.3 Å². The van der Waals surface area contributed by atoms with Gasteiger partial charge in [-0.3, -0.25) is 0 Å². The molecule has 0 unspecified atom stereocenters. The minimum Gasteiger partial charge on any atom is -0.246 e. The summed E-state index contributed by atoms with van der Waals surface area (Å²) in [5.74, 6) is 0. The highest BCUT2D eigenvalue weighted by molar-refractivity contribution is 7.87. The van der Waals surface area contributed by atoms with Crippen LogP contribution in [0.25, 0.3) is 0 Å². The van der Waals surface area contributed by atoms with Crippen molar-refractivity contribution in [3.8, 4) is 0 Å². The lowest BCUT2D eigenvalue weighted by atomic mass is 10.4. The quantitative estimate of drug-likeness (QED) is 0.855. The van der Waals surface area contributed by atoms with Gasteiger partial charge in [-0.25, -0.2) is 9.71 Å². The van der Waals surface area contributed by atoms with Gasteiger partial charge < -0.3 is 0 Å². The molecule has 1 aliphatic rings. The highest BCUT2D eigenvalue weighted by Crippen LogP contribution is 2.12. The molecule has 18 heavy (non-hydrogen) atoms. The van der Waals surface area contributed by atoms with Crippen LogP contribution in [0.4, 0.5) is 0 Å². The van der Waals surface area contributed by atoms with Crippen LogP contribution in [0.15, 0.2) is 5.38 Å². The first-order chi connectivity index (χ1) is 8.62. The van der Waals surface area contributed by atoms with Crippen LogP contribution < -0.4 is 4.72 Å². The van der Waals surface area contributed by atoms with Gasteiger partial charge in [0, 0.05) is 31.4 Å². The second kappa shape index (κ2) is 6.10. The van der Waals surface area contributed by atoms with Gasteiger partial charge in [0.05, 0.1) is 10.7 Å². The normalized spacial score (nSPS) is 17.4. The lowest BCUT2D eigenvalue weighted by Gasteiger charge is -2.15. The number of aromatic nitrogens is 1. The third-order valence-corrected chi connectivity index (χ3v) is 5.56. The molecule has 1 aliphatic heterocycles. The van der Waals surface area contributed by atoms with Crippen LogP contribution in [0, 0.1) is 0 Å². The first-order valence-electron chi connectivity index (χ1n) is 6.30. The van der Waals surface area contributed by atoms with E-state index in [1.165, 1.54) is 4.31 Å². The summed E-state index contributed by atoms with van der Waals surface area (Å²) >= 11 is 1.60. The van der Waals surface area contributed by atoms with E-state index in [1.54, 1.807) is 11.3 Å². The van der Waals surface area contributed by atoms with E-state index in [-0.39, 0.29) is 0 Å². The molecule has 5 nitrogen and oxygen atoms in total. The SMILES string of the molecule is CCc1csc(CCNS(=O)(=O)N2CCCC2)n1. The van der Waals surface area contributed by atoms with E-state index >= 15 is 0 Å². The van der Waals surface area contributed by atoms with E-state index in [4.69, 9.17) is 0 Å². The number of hydrogen-bond donors (Lipinski definition) is 1. The summed E-state index contributed by atoms with van der Waals surface area (Å²) in [5.41, 5.74) is 1.08. The molecule has 0 aromatic carbocycles. The van der Waals surface area contributed by atoms with Crippen molar-refractivity contribution >= 4 is 21.5 Å². The minimum absolute atomic E-state index is 0.426. The third-order valence-electron chi connectivity index (χ3n) is 2.99. The van der Waals surface area contributed by atoms with Gasteiger partial charge in [0.1, 0.15) is 0 Å². The second-order valence-electron chi connectivity index (χ2n) is 4.34. The number of thiazole rings is 1. The van der Waals surface area contributed by atoms with Gasteiger partial charge in [0.15, 0.2) is 0 Å². The summed E-state index contributed by atoms with van der Waals surface area (Å²) in [4.78, 5) is 4.42. The van der Waals surface area contributed by atoms with E-state index in [2.05, 4.69) is 16.6 Å². The first kappa shape index (κ1) is 13.9. The monoisotopic (exact) mass is 289 g/mol. The lowest BCUT2D eigenvalue weighted by molar-refractivity contribution is 0.465. The van der Waals surface area contributed by atoms with Crippen LogP contribution in [-0.4, -0.2) is 37.3 Å². The molecular formula is C11H19N3O2S2. The molecular weight excluding hydrogens is 270 g/mol. The molecule has 0 spiro atoms. The number of hydrogen-bond acceptors (Lipinski definition) is 4. The topological polar surface area (TPSA) is 62.3 Å². The average Bonchev–Trinajstić information content (AvgIpc) is 3.00. The van der Waals surface area contributed by atoms with Gasteiger partial charge in [0.25, 0.3) is 10.2 Å². The van der Waals surface area contributed by atoms with E-state index in [0.29, 0.717) is 26.1 Å². The Labute approximate surface area is 112 Å². The molecule has 1 fully saturated rings. The Hall–Kier alpha value is -0.500. The predicted molar refractivity (Wildman–Crippen MR) is 72.9 cm³/mol. The lowest BCUT2D eigenvalue weighted by Crippen LogP contribution is -2.39. The van der Waals surface area contributed by atoms with Crippen LogP contribution in [0.3, 0.4) is 0 Å². The zero-order valence-corrected chi connectivity index (χ0v) is 12.2. The third kappa shape index (κ3) is 3.50. The van der Waals surface area contributed by atoms with Crippen molar-refractivity contribution in [3.05, 3.63) is 16.1 Å². The molecule has 1 aromatic rings. The second-order valence-corrected chi connectivity index (χ2v) is 7.04. The van der Waals surface area contributed by atoms with Gasteiger partial charge in [-0.2, -0.15) is 12.7 Å². The van der Waals surface area contributed by atoms with E-state index in [9.17, 15) is 8.42 Å². The standard InChI is InChI=1S/C11H19N3O2S2/c1-2-10-9-17-11(13-10)5-6-12-18(15,16)14-7-3-4-8-14/h9,12H,2-8H2,1H3. The van der Waals surface area contributed by atoms with Gasteiger partial charge in [0.2, 0.25) is 0 Å². The maximum absolute atomic E-state index is 11.9. The Kier molecular flexibility index (Phi) is 4.71. The number of aryl methyl sites for hydroxylation is 1. The van der Waals surface area contributed by atoms with E-state index in [1.807, 2.05) is 5.38 Å². The molecule has 1 N–H and O–H groups in total. The Bertz CT molecular complexity index is 478. The number of nitrogens with zero attached hydrogens (tertiary/aromatic N) is 2. The molecule has 102 valence electrons. The molecule has 7 heteroatoms. The molecule has 0 aliphatic carbocycles.